The molecule has 0 saturated carbocycles. The highest BCUT2D eigenvalue weighted by atomic mass is 16.2. The predicted molar refractivity (Wildman–Crippen MR) is 112 cm³/mol. The van der Waals surface area contributed by atoms with E-state index in [0.29, 0.717) is 11.9 Å². The molecule has 0 bridgehead atoms. The second kappa shape index (κ2) is 8.21. The normalized spacial score (nSPS) is 22.3. The van der Waals surface area contributed by atoms with Crippen molar-refractivity contribution in [1.82, 2.24) is 24.3 Å². The molecular formula is C22H33N5O. The van der Waals surface area contributed by atoms with Gasteiger partial charge in [0.05, 0.1) is 23.5 Å². The van der Waals surface area contributed by atoms with Crippen LogP contribution in [0.2, 0.25) is 0 Å². The molecule has 0 N–H and O–H groups in total. The number of para-hydroxylation sites is 2. The van der Waals surface area contributed by atoms with Crippen LogP contribution in [0.4, 0.5) is 0 Å². The number of carbonyl (C=O) groups excluding carboxylic acids is 1. The van der Waals surface area contributed by atoms with E-state index in [-0.39, 0.29) is 5.92 Å². The van der Waals surface area contributed by atoms with E-state index in [1.54, 1.807) is 0 Å². The van der Waals surface area contributed by atoms with Crippen LogP contribution in [0.3, 0.4) is 0 Å². The van der Waals surface area contributed by atoms with Crippen LogP contribution in [-0.4, -0.2) is 76.5 Å². The molecule has 152 valence electrons. The Balaban J connectivity index is 1.46. The van der Waals surface area contributed by atoms with Crippen molar-refractivity contribution in [2.75, 3.05) is 46.3 Å². The zero-order chi connectivity index (χ0) is 19.7. The minimum Gasteiger partial charge on any atom is -0.340 e. The maximum Gasteiger partial charge on any atom is 0.227 e. The Kier molecular flexibility index (Phi) is 5.69. The van der Waals surface area contributed by atoms with Gasteiger partial charge in [-0.25, -0.2) is 4.98 Å². The van der Waals surface area contributed by atoms with E-state index in [1.807, 2.05) is 0 Å². The average Bonchev–Trinajstić information content (AvgIpc) is 3.06. The van der Waals surface area contributed by atoms with Crippen molar-refractivity contribution in [1.29, 1.82) is 0 Å². The van der Waals surface area contributed by atoms with Gasteiger partial charge in [-0.2, -0.15) is 0 Å². The zero-order valence-corrected chi connectivity index (χ0v) is 17.5. The van der Waals surface area contributed by atoms with E-state index in [0.717, 1.165) is 70.0 Å². The molecule has 0 radical (unpaired) electrons. The van der Waals surface area contributed by atoms with Crippen LogP contribution < -0.4 is 0 Å². The van der Waals surface area contributed by atoms with Crippen LogP contribution in [0, 0.1) is 5.92 Å². The van der Waals surface area contributed by atoms with Crippen molar-refractivity contribution >= 4 is 16.9 Å². The van der Waals surface area contributed by atoms with E-state index in [4.69, 9.17) is 4.98 Å². The smallest absolute Gasteiger partial charge is 0.227 e. The lowest BCUT2D eigenvalue weighted by atomic mass is 9.96. The van der Waals surface area contributed by atoms with Crippen LogP contribution in [0.25, 0.3) is 11.0 Å². The number of rotatable bonds is 4. The molecule has 4 rings (SSSR count). The molecule has 1 amide bonds. The third-order valence-electron chi connectivity index (χ3n) is 6.22. The summed E-state index contributed by atoms with van der Waals surface area (Å²) in [5.74, 6) is 1.60. The van der Waals surface area contributed by atoms with Gasteiger partial charge in [0.25, 0.3) is 0 Å². The van der Waals surface area contributed by atoms with Crippen molar-refractivity contribution < 1.29 is 4.79 Å². The van der Waals surface area contributed by atoms with Crippen LogP contribution in [0.1, 0.15) is 38.6 Å². The molecule has 6 nitrogen and oxygen atoms in total. The Bertz CT molecular complexity index is 821. The number of likely N-dealkylation sites (N-methyl/N-ethyl adjacent to an activating group) is 1. The SMILES string of the molecule is CC(C)n1c(CN2CCC[C@@H](C(=O)N3CCN(C)CC3)C2)nc2ccccc21. The van der Waals surface area contributed by atoms with Crippen molar-refractivity contribution in [2.24, 2.45) is 5.92 Å². The third kappa shape index (κ3) is 3.94. The Morgan fingerprint density at radius 3 is 2.64 bits per heavy atom. The van der Waals surface area contributed by atoms with E-state index in [2.05, 4.69) is 64.4 Å². The maximum atomic E-state index is 13.0. The number of hydrogen-bond acceptors (Lipinski definition) is 4. The summed E-state index contributed by atoms with van der Waals surface area (Å²) in [4.78, 5) is 24.8. The minimum atomic E-state index is 0.133. The molecule has 2 aliphatic heterocycles. The quantitative estimate of drug-likeness (QED) is 0.814. The lowest BCUT2D eigenvalue weighted by molar-refractivity contribution is -0.139. The summed E-state index contributed by atoms with van der Waals surface area (Å²) >= 11 is 0. The van der Waals surface area contributed by atoms with Gasteiger partial charge in [-0.15, -0.1) is 0 Å². The van der Waals surface area contributed by atoms with Gasteiger partial charge in [-0.3, -0.25) is 9.69 Å². The standard InChI is InChI=1S/C22H33N5O/c1-17(2)27-20-9-5-4-8-19(20)23-21(27)16-25-10-6-7-18(15-25)22(28)26-13-11-24(3)12-14-26/h4-5,8-9,17-18H,6-7,10-16H2,1-3H3/t18-/m1/s1. The molecule has 2 saturated heterocycles. The number of fused-ring (bicyclic) bond motifs is 1. The highest BCUT2D eigenvalue weighted by molar-refractivity contribution is 5.79. The molecule has 2 fully saturated rings. The Labute approximate surface area is 168 Å². The highest BCUT2D eigenvalue weighted by Gasteiger charge is 2.31. The van der Waals surface area contributed by atoms with Crippen molar-refractivity contribution in [3.8, 4) is 0 Å². The maximum absolute atomic E-state index is 13.0. The van der Waals surface area contributed by atoms with Crippen molar-refractivity contribution in [3.05, 3.63) is 30.1 Å². The first-order valence-corrected chi connectivity index (χ1v) is 10.7. The van der Waals surface area contributed by atoms with Crippen LogP contribution in [0.15, 0.2) is 24.3 Å². The van der Waals surface area contributed by atoms with Gasteiger partial charge in [-0.1, -0.05) is 12.1 Å². The zero-order valence-electron chi connectivity index (χ0n) is 17.5. The predicted octanol–water partition coefficient (Wildman–Crippen LogP) is 2.60. The summed E-state index contributed by atoms with van der Waals surface area (Å²) in [7, 11) is 2.13. The number of piperidine rings is 1. The molecule has 1 atom stereocenters. The van der Waals surface area contributed by atoms with Crippen molar-refractivity contribution in [2.45, 2.75) is 39.3 Å². The summed E-state index contributed by atoms with van der Waals surface area (Å²) in [6, 6.07) is 8.75. The monoisotopic (exact) mass is 383 g/mol. The Morgan fingerprint density at radius 2 is 1.89 bits per heavy atom. The Morgan fingerprint density at radius 1 is 1.14 bits per heavy atom. The van der Waals surface area contributed by atoms with Gasteiger partial charge in [0, 0.05) is 38.8 Å². The number of hydrogen-bond donors (Lipinski definition) is 0. The third-order valence-corrected chi connectivity index (χ3v) is 6.22. The second-order valence-electron chi connectivity index (χ2n) is 8.68. The molecule has 3 heterocycles. The fraction of sp³-hybridized carbons (Fsp3) is 0.636. The fourth-order valence-electron chi connectivity index (χ4n) is 4.67. The largest absolute Gasteiger partial charge is 0.340 e. The van der Waals surface area contributed by atoms with Gasteiger partial charge in [-0.05, 0) is 52.4 Å². The van der Waals surface area contributed by atoms with Gasteiger partial charge >= 0.3 is 0 Å². The molecule has 0 aliphatic carbocycles. The van der Waals surface area contributed by atoms with Crippen LogP contribution in [-0.2, 0) is 11.3 Å². The van der Waals surface area contributed by atoms with Gasteiger partial charge < -0.3 is 14.4 Å². The second-order valence-corrected chi connectivity index (χ2v) is 8.68. The lowest BCUT2D eigenvalue weighted by Crippen LogP contribution is -2.51. The van der Waals surface area contributed by atoms with E-state index < -0.39 is 0 Å². The highest BCUT2D eigenvalue weighted by Crippen LogP contribution is 2.25. The summed E-state index contributed by atoms with van der Waals surface area (Å²) < 4.78 is 2.35. The fourth-order valence-corrected chi connectivity index (χ4v) is 4.67. The summed E-state index contributed by atoms with van der Waals surface area (Å²) in [5, 5.41) is 0. The lowest BCUT2D eigenvalue weighted by Gasteiger charge is -2.38. The number of imidazole rings is 1. The van der Waals surface area contributed by atoms with E-state index >= 15 is 0 Å². The molecule has 1 aromatic carbocycles. The van der Waals surface area contributed by atoms with Gasteiger partial charge in [0.15, 0.2) is 0 Å². The average molecular weight is 384 g/mol. The molecule has 1 aromatic heterocycles. The molecule has 0 unspecified atom stereocenters. The number of likely N-dealkylation sites (tertiary alicyclic amines) is 1. The molecule has 6 heteroatoms. The van der Waals surface area contributed by atoms with Gasteiger partial charge in [0.1, 0.15) is 5.82 Å². The van der Waals surface area contributed by atoms with E-state index in [1.165, 1.54) is 5.52 Å². The van der Waals surface area contributed by atoms with Gasteiger partial charge in [0.2, 0.25) is 5.91 Å². The Hall–Kier alpha value is -1.92. The first kappa shape index (κ1) is 19.4. The van der Waals surface area contributed by atoms with Crippen LogP contribution in [0.5, 0.6) is 0 Å². The molecule has 2 aliphatic rings. The summed E-state index contributed by atoms with van der Waals surface area (Å²) in [5.41, 5.74) is 2.27. The topological polar surface area (TPSA) is 44.6 Å². The molecule has 0 spiro atoms. The first-order chi connectivity index (χ1) is 13.5. The van der Waals surface area contributed by atoms with Crippen molar-refractivity contribution in [3.63, 3.8) is 0 Å². The molecule has 2 aromatic rings. The molecule has 28 heavy (non-hydrogen) atoms. The number of aromatic nitrogens is 2. The number of amides is 1. The number of benzene rings is 1. The number of nitrogens with zero attached hydrogens (tertiary/aromatic N) is 5. The summed E-state index contributed by atoms with van der Waals surface area (Å²) in [6.45, 7) is 10.9. The minimum absolute atomic E-state index is 0.133. The van der Waals surface area contributed by atoms with E-state index in [9.17, 15) is 4.79 Å². The number of piperazine rings is 1. The summed E-state index contributed by atoms with van der Waals surface area (Å²) in [6.07, 6.45) is 2.11. The first-order valence-electron chi connectivity index (χ1n) is 10.7. The van der Waals surface area contributed by atoms with Crippen LogP contribution >= 0.6 is 0 Å². The number of carbonyl (C=O) groups is 1. The molecular weight excluding hydrogens is 350 g/mol.